The number of fused-ring (bicyclic) bond motifs is 2. The van der Waals surface area contributed by atoms with Gasteiger partial charge in [-0.2, -0.15) is 0 Å². The standard InChI is InChI=1S/C25H28N2O4S/c1-25(2,3)31-24(28)27-13-11-16(12-14-27)17-7-6-9-19-23(17)30-22(29-19)15-21-26-18-8-4-5-10-20(18)32-21/h4-10,16,22H,11-15H2,1-3H3. The first kappa shape index (κ1) is 21.1. The van der Waals surface area contributed by atoms with Gasteiger partial charge in [0.25, 0.3) is 0 Å². The molecule has 1 amide bonds. The summed E-state index contributed by atoms with van der Waals surface area (Å²) in [6.07, 6.45) is 1.77. The van der Waals surface area contributed by atoms with Crippen molar-refractivity contribution >= 4 is 27.6 Å². The smallest absolute Gasteiger partial charge is 0.410 e. The Morgan fingerprint density at radius 1 is 1.12 bits per heavy atom. The highest BCUT2D eigenvalue weighted by Crippen LogP contribution is 2.44. The van der Waals surface area contributed by atoms with Crippen LogP contribution in [-0.4, -0.2) is 41.0 Å². The van der Waals surface area contributed by atoms with E-state index in [1.165, 1.54) is 4.70 Å². The summed E-state index contributed by atoms with van der Waals surface area (Å²) < 4.78 is 19.1. The van der Waals surface area contributed by atoms with Crippen LogP contribution in [0.5, 0.6) is 11.5 Å². The number of amides is 1. The summed E-state index contributed by atoms with van der Waals surface area (Å²) in [5, 5.41) is 1.01. The minimum Gasteiger partial charge on any atom is -0.451 e. The fraction of sp³-hybridized carbons (Fsp3) is 0.440. The fourth-order valence-corrected chi connectivity index (χ4v) is 5.29. The zero-order valence-electron chi connectivity index (χ0n) is 18.7. The van der Waals surface area contributed by atoms with Crippen LogP contribution in [0.3, 0.4) is 0 Å². The van der Waals surface area contributed by atoms with Gasteiger partial charge >= 0.3 is 6.09 Å². The first-order valence-electron chi connectivity index (χ1n) is 11.1. The summed E-state index contributed by atoms with van der Waals surface area (Å²) in [6.45, 7) is 7.05. The highest BCUT2D eigenvalue weighted by atomic mass is 32.1. The molecule has 0 aliphatic carbocycles. The zero-order valence-corrected chi connectivity index (χ0v) is 19.5. The van der Waals surface area contributed by atoms with E-state index in [0.717, 1.165) is 40.4 Å². The normalized spacial score (nSPS) is 18.8. The molecule has 0 bridgehead atoms. The number of para-hydroxylation sites is 2. The molecule has 0 saturated carbocycles. The second kappa shape index (κ2) is 8.28. The van der Waals surface area contributed by atoms with E-state index in [-0.39, 0.29) is 12.4 Å². The summed E-state index contributed by atoms with van der Waals surface area (Å²) in [7, 11) is 0. The second-order valence-electron chi connectivity index (χ2n) is 9.36. The summed E-state index contributed by atoms with van der Waals surface area (Å²) in [4.78, 5) is 18.9. The lowest BCUT2D eigenvalue weighted by Gasteiger charge is -2.33. The summed E-state index contributed by atoms with van der Waals surface area (Å²) in [5.41, 5.74) is 1.70. The van der Waals surface area contributed by atoms with E-state index in [9.17, 15) is 4.79 Å². The van der Waals surface area contributed by atoms with E-state index in [0.29, 0.717) is 25.4 Å². The maximum absolute atomic E-state index is 12.4. The van der Waals surface area contributed by atoms with Crippen molar-refractivity contribution < 1.29 is 19.0 Å². The highest BCUT2D eigenvalue weighted by molar-refractivity contribution is 7.18. The van der Waals surface area contributed by atoms with Crippen molar-refractivity contribution in [2.45, 2.75) is 57.8 Å². The predicted octanol–water partition coefficient (Wildman–Crippen LogP) is 5.75. The summed E-state index contributed by atoms with van der Waals surface area (Å²) in [6, 6.07) is 14.3. The van der Waals surface area contributed by atoms with Gasteiger partial charge in [-0.15, -0.1) is 11.3 Å². The number of rotatable bonds is 3. The second-order valence-corrected chi connectivity index (χ2v) is 10.5. The van der Waals surface area contributed by atoms with Crippen LogP contribution in [0.15, 0.2) is 42.5 Å². The monoisotopic (exact) mass is 452 g/mol. The molecule has 0 spiro atoms. The molecule has 1 saturated heterocycles. The van der Waals surface area contributed by atoms with Crippen molar-refractivity contribution in [2.24, 2.45) is 0 Å². The molecule has 2 aliphatic heterocycles. The number of hydrogen-bond donors (Lipinski definition) is 0. The van der Waals surface area contributed by atoms with Crippen molar-refractivity contribution in [3.8, 4) is 11.5 Å². The Morgan fingerprint density at radius 2 is 1.91 bits per heavy atom. The van der Waals surface area contributed by atoms with Gasteiger partial charge in [0.15, 0.2) is 11.5 Å². The van der Waals surface area contributed by atoms with Gasteiger partial charge in [0.1, 0.15) is 10.6 Å². The fourth-order valence-electron chi connectivity index (χ4n) is 4.30. The minimum absolute atomic E-state index is 0.232. The van der Waals surface area contributed by atoms with Crippen LogP contribution < -0.4 is 9.47 Å². The number of hydrogen-bond acceptors (Lipinski definition) is 6. The molecule has 1 atom stereocenters. The van der Waals surface area contributed by atoms with Crippen molar-refractivity contribution in [1.29, 1.82) is 0 Å². The average molecular weight is 453 g/mol. The molecular weight excluding hydrogens is 424 g/mol. The quantitative estimate of drug-likeness (QED) is 0.506. The maximum Gasteiger partial charge on any atom is 0.410 e. The van der Waals surface area contributed by atoms with Crippen LogP contribution in [0.4, 0.5) is 4.79 Å². The Kier molecular flexibility index (Phi) is 5.45. The number of carbonyl (C=O) groups is 1. The van der Waals surface area contributed by atoms with Crippen LogP contribution >= 0.6 is 11.3 Å². The molecule has 2 aromatic carbocycles. The topological polar surface area (TPSA) is 60.9 Å². The Balaban J connectivity index is 1.24. The van der Waals surface area contributed by atoms with Gasteiger partial charge in [-0.1, -0.05) is 24.3 Å². The van der Waals surface area contributed by atoms with Crippen molar-refractivity contribution in [2.75, 3.05) is 13.1 Å². The molecule has 5 rings (SSSR count). The highest BCUT2D eigenvalue weighted by Gasteiger charge is 2.33. The van der Waals surface area contributed by atoms with Gasteiger partial charge in [-0.3, -0.25) is 0 Å². The van der Waals surface area contributed by atoms with E-state index in [4.69, 9.17) is 19.2 Å². The van der Waals surface area contributed by atoms with Gasteiger partial charge in [0.05, 0.1) is 16.6 Å². The average Bonchev–Trinajstić information content (AvgIpc) is 3.35. The molecule has 7 heteroatoms. The van der Waals surface area contributed by atoms with Gasteiger partial charge in [0, 0.05) is 18.7 Å². The third-order valence-electron chi connectivity index (χ3n) is 5.78. The Hall–Kier alpha value is -2.80. The summed E-state index contributed by atoms with van der Waals surface area (Å²) in [5.74, 6) is 1.96. The van der Waals surface area contributed by atoms with E-state index in [1.807, 2.05) is 51.1 Å². The maximum atomic E-state index is 12.4. The molecule has 3 aromatic rings. The van der Waals surface area contributed by atoms with Gasteiger partial charge in [-0.05, 0) is 57.7 Å². The van der Waals surface area contributed by atoms with E-state index in [2.05, 4.69) is 12.1 Å². The number of carbonyl (C=O) groups excluding carboxylic acids is 1. The van der Waals surface area contributed by atoms with Crippen molar-refractivity contribution in [1.82, 2.24) is 9.88 Å². The SMILES string of the molecule is CC(C)(C)OC(=O)N1CCC(c2cccc3c2OC(Cc2nc4ccccc4s2)O3)CC1. The van der Waals surface area contributed by atoms with Crippen LogP contribution in [0.2, 0.25) is 0 Å². The molecule has 2 aliphatic rings. The summed E-state index contributed by atoms with van der Waals surface area (Å²) >= 11 is 1.68. The molecular formula is C25H28N2O4S. The number of benzene rings is 2. The molecule has 3 heterocycles. The van der Waals surface area contributed by atoms with E-state index in [1.54, 1.807) is 16.2 Å². The third-order valence-corrected chi connectivity index (χ3v) is 6.84. The van der Waals surface area contributed by atoms with Crippen LogP contribution in [0, 0.1) is 0 Å². The number of piperidine rings is 1. The Labute approximate surface area is 192 Å². The van der Waals surface area contributed by atoms with Gasteiger partial charge in [-0.25, -0.2) is 9.78 Å². The third kappa shape index (κ3) is 4.39. The van der Waals surface area contributed by atoms with Crippen LogP contribution in [-0.2, 0) is 11.2 Å². The first-order valence-corrected chi connectivity index (χ1v) is 12.0. The number of nitrogens with zero attached hydrogens (tertiary/aromatic N) is 2. The van der Waals surface area contributed by atoms with Crippen molar-refractivity contribution in [3.63, 3.8) is 0 Å². The lowest BCUT2D eigenvalue weighted by atomic mass is 9.89. The van der Waals surface area contributed by atoms with Crippen LogP contribution in [0.1, 0.15) is 50.1 Å². The van der Waals surface area contributed by atoms with E-state index >= 15 is 0 Å². The molecule has 1 unspecified atom stereocenters. The van der Waals surface area contributed by atoms with E-state index < -0.39 is 5.60 Å². The van der Waals surface area contributed by atoms with Crippen LogP contribution in [0.25, 0.3) is 10.2 Å². The Bertz CT molecular complexity index is 1100. The van der Waals surface area contributed by atoms with Gasteiger partial charge < -0.3 is 19.1 Å². The number of likely N-dealkylation sites (tertiary alicyclic amines) is 1. The molecule has 1 aromatic heterocycles. The largest absolute Gasteiger partial charge is 0.451 e. The minimum atomic E-state index is -0.475. The Morgan fingerprint density at radius 3 is 2.66 bits per heavy atom. The lowest BCUT2D eigenvalue weighted by molar-refractivity contribution is 0.0204. The number of thiazole rings is 1. The molecule has 0 N–H and O–H groups in total. The number of ether oxygens (including phenoxy) is 3. The molecule has 1 fully saturated rings. The number of aromatic nitrogens is 1. The first-order chi connectivity index (χ1) is 15.4. The molecule has 0 radical (unpaired) electrons. The molecule has 168 valence electrons. The lowest BCUT2D eigenvalue weighted by Crippen LogP contribution is -2.41. The predicted molar refractivity (Wildman–Crippen MR) is 125 cm³/mol. The molecule has 6 nitrogen and oxygen atoms in total. The zero-order chi connectivity index (χ0) is 22.3. The molecule has 32 heavy (non-hydrogen) atoms. The van der Waals surface area contributed by atoms with Gasteiger partial charge in [0.2, 0.25) is 6.29 Å². The van der Waals surface area contributed by atoms with Crippen molar-refractivity contribution in [3.05, 3.63) is 53.0 Å².